The van der Waals surface area contributed by atoms with Gasteiger partial charge in [0.05, 0.1) is 0 Å². The Morgan fingerprint density at radius 3 is 0.889 bits per heavy atom. The molecule has 0 aromatic heterocycles. The molecule has 1 rings (SSSR count). The van der Waals surface area contributed by atoms with Gasteiger partial charge in [-0.3, -0.25) is 0 Å². The van der Waals surface area contributed by atoms with Crippen LogP contribution < -0.4 is 0 Å². The van der Waals surface area contributed by atoms with Gasteiger partial charge in [0.1, 0.15) is 0 Å². The molecule has 1 saturated carbocycles. The minimum atomic E-state index is -6.83. The fourth-order valence-corrected chi connectivity index (χ4v) is 2.06. The third kappa shape index (κ3) is 1.23. The van der Waals surface area contributed by atoms with Crippen LogP contribution in [-0.2, 0) is 0 Å². The lowest BCUT2D eigenvalue weighted by molar-refractivity contribution is -0.303. The molecule has 0 aliphatic heterocycles. The maximum atomic E-state index is 12.8. The fraction of sp³-hybridized carbons (Fsp3) is 1.00. The summed E-state index contributed by atoms with van der Waals surface area (Å²) in [5.41, 5.74) is 0. The van der Waals surface area contributed by atoms with Crippen LogP contribution in [0.15, 0.2) is 0 Å². The zero-order valence-electron chi connectivity index (χ0n) is 7.54. The van der Waals surface area contributed by atoms with Crippen LogP contribution in [0, 0.1) is 0 Å². The van der Waals surface area contributed by atoms with E-state index in [0.29, 0.717) is 0 Å². The molecule has 0 aromatic carbocycles. The van der Waals surface area contributed by atoms with Crippen molar-refractivity contribution < 1.29 is 48.3 Å². The molecule has 1 fully saturated rings. The van der Waals surface area contributed by atoms with Gasteiger partial charge in [0, 0.05) is 0 Å². The molecule has 0 spiro atoms. The Labute approximate surface area is 105 Å². The monoisotopic (exact) mass is 408 g/mol. The van der Waals surface area contributed by atoms with Gasteiger partial charge >= 0.3 is 29.9 Å². The van der Waals surface area contributed by atoms with Crippen molar-refractivity contribution in [3.05, 3.63) is 0 Å². The maximum absolute atomic E-state index is 12.8. The largest absolute Gasteiger partial charge is 0.415 e. The zero-order chi connectivity index (χ0) is 15.0. The highest BCUT2D eigenvalue weighted by molar-refractivity contribution is 14.1. The fourth-order valence-electron chi connectivity index (χ4n) is 1.38. The Morgan fingerprint density at radius 2 is 0.778 bits per heavy atom. The minimum absolute atomic E-state index is 0.777. The van der Waals surface area contributed by atoms with Gasteiger partial charge < -0.3 is 0 Å². The third-order valence-electron chi connectivity index (χ3n) is 2.44. The molecular weight excluding hydrogens is 408 g/mol. The molecule has 0 N–H and O–H groups in total. The molecule has 0 saturated heterocycles. The van der Waals surface area contributed by atoms with Crippen molar-refractivity contribution in [2.75, 3.05) is 0 Å². The number of rotatable bonds is 0. The molecule has 0 atom stereocenters. The van der Waals surface area contributed by atoms with Gasteiger partial charge in [0.2, 0.25) is 0 Å². The van der Waals surface area contributed by atoms with E-state index in [9.17, 15) is 48.3 Å². The second-order valence-corrected chi connectivity index (χ2v) is 5.07. The first-order chi connectivity index (χ1) is 7.50. The van der Waals surface area contributed by atoms with Gasteiger partial charge in [-0.1, -0.05) is 22.6 Å². The van der Waals surface area contributed by atoms with E-state index >= 15 is 0 Å². The second kappa shape index (κ2) is 3.34. The van der Waals surface area contributed by atoms with Crippen molar-refractivity contribution in [2.24, 2.45) is 0 Å². The van der Waals surface area contributed by atoms with Gasteiger partial charge in [-0.05, 0) is 0 Å². The van der Waals surface area contributed by atoms with Crippen LogP contribution in [0.5, 0.6) is 0 Å². The summed E-state index contributed by atoms with van der Waals surface area (Å²) in [6.45, 7) is 0. The number of halogens is 12. The normalized spacial score (nSPS) is 31.3. The standard InChI is InChI=1S/C6F11I/c7-2(8)1(18,6(15,16)17)3(9,10)5(13,14)4(2,11)12. The summed E-state index contributed by atoms with van der Waals surface area (Å²) in [6.07, 6.45) is -6.68. The van der Waals surface area contributed by atoms with Crippen molar-refractivity contribution >= 4 is 22.6 Å². The predicted molar refractivity (Wildman–Crippen MR) is 42.6 cm³/mol. The number of hydrogen-bond acceptors (Lipinski definition) is 0. The van der Waals surface area contributed by atoms with Crippen molar-refractivity contribution in [3.63, 3.8) is 0 Å². The van der Waals surface area contributed by atoms with E-state index in [1.807, 2.05) is 0 Å². The van der Waals surface area contributed by atoms with Crippen LogP contribution in [0.4, 0.5) is 48.3 Å². The lowest BCUT2D eigenvalue weighted by atomic mass is 10.0. The highest BCUT2D eigenvalue weighted by Gasteiger charge is 3.03. The van der Waals surface area contributed by atoms with E-state index < -0.39 is 55.9 Å². The first-order valence-corrected chi connectivity index (χ1v) is 4.85. The molecule has 1 aliphatic rings. The Kier molecular flexibility index (Phi) is 2.97. The molecule has 0 nitrogen and oxygen atoms in total. The lowest BCUT2D eigenvalue weighted by Crippen LogP contribution is -2.62. The lowest BCUT2D eigenvalue weighted by Gasteiger charge is -2.34. The van der Waals surface area contributed by atoms with Crippen molar-refractivity contribution in [1.82, 2.24) is 0 Å². The summed E-state index contributed by atoms with van der Waals surface area (Å²) < 4.78 is 132. The summed E-state index contributed by atoms with van der Waals surface area (Å²) in [4.78, 5) is 0. The molecule has 0 bridgehead atoms. The summed E-state index contributed by atoms with van der Waals surface area (Å²) in [7, 11) is 0. The number of hydrogen-bond donors (Lipinski definition) is 0. The first kappa shape index (κ1) is 16.0. The van der Waals surface area contributed by atoms with Crippen molar-refractivity contribution in [2.45, 2.75) is 33.3 Å². The molecule has 18 heavy (non-hydrogen) atoms. The second-order valence-electron chi connectivity index (χ2n) is 3.45. The quantitative estimate of drug-likeness (QED) is 0.319. The Morgan fingerprint density at radius 1 is 0.556 bits per heavy atom. The van der Waals surface area contributed by atoms with E-state index in [4.69, 9.17) is 0 Å². The molecule has 0 heterocycles. The van der Waals surface area contributed by atoms with Gasteiger partial charge in [-0.25, -0.2) is 0 Å². The van der Waals surface area contributed by atoms with Crippen molar-refractivity contribution in [3.8, 4) is 0 Å². The predicted octanol–water partition coefficient (Wildman–Crippen LogP) is 4.28. The summed E-state index contributed by atoms with van der Waals surface area (Å²) in [5, 5.41) is 0. The van der Waals surface area contributed by atoms with E-state index in [-0.39, 0.29) is 0 Å². The summed E-state index contributed by atoms with van der Waals surface area (Å²) in [5.74, 6) is -27.0. The summed E-state index contributed by atoms with van der Waals surface area (Å²) in [6, 6.07) is 0. The molecule has 0 radical (unpaired) electrons. The average molecular weight is 408 g/mol. The van der Waals surface area contributed by atoms with Gasteiger partial charge in [0.25, 0.3) is 3.42 Å². The Balaban J connectivity index is 3.75. The number of alkyl halides is 12. The van der Waals surface area contributed by atoms with E-state index in [2.05, 4.69) is 0 Å². The van der Waals surface area contributed by atoms with Gasteiger partial charge in [-0.2, -0.15) is 48.3 Å². The summed E-state index contributed by atoms with van der Waals surface area (Å²) >= 11 is -0.777. The molecule has 0 aromatic rings. The van der Waals surface area contributed by atoms with Crippen molar-refractivity contribution in [1.29, 1.82) is 0 Å². The minimum Gasteiger partial charge on any atom is -0.197 e. The molecule has 1 aliphatic carbocycles. The van der Waals surface area contributed by atoms with Crippen LogP contribution >= 0.6 is 22.6 Å². The van der Waals surface area contributed by atoms with Crippen LogP contribution in [0.3, 0.4) is 0 Å². The van der Waals surface area contributed by atoms with E-state index in [0.717, 1.165) is 0 Å². The third-order valence-corrected chi connectivity index (χ3v) is 4.41. The molecule has 0 unspecified atom stereocenters. The zero-order valence-corrected chi connectivity index (χ0v) is 9.69. The van der Waals surface area contributed by atoms with Crippen LogP contribution in [-0.4, -0.2) is 33.3 Å². The SMILES string of the molecule is FC(F)(F)C1(I)C(F)(F)C(F)(F)C(F)(F)C1(F)F. The maximum Gasteiger partial charge on any atom is 0.415 e. The Bertz CT molecular complexity index is 340. The van der Waals surface area contributed by atoms with E-state index in [1.54, 1.807) is 0 Å². The van der Waals surface area contributed by atoms with Gasteiger partial charge in [0.15, 0.2) is 0 Å². The van der Waals surface area contributed by atoms with Crippen LogP contribution in [0.1, 0.15) is 0 Å². The first-order valence-electron chi connectivity index (χ1n) is 3.77. The molecule has 12 heteroatoms. The van der Waals surface area contributed by atoms with E-state index in [1.165, 1.54) is 0 Å². The van der Waals surface area contributed by atoms with Crippen LogP contribution in [0.2, 0.25) is 0 Å². The van der Waals surface area contributed by atoms with Gasteiger partial charge in [-0.15, -0.1) is 0 Å². The molecule has 108 valence electrons. The highest BCUT2D eigenvalue weighted by Crippen LogP contribution is 2.74. The topological polar surface area (TPSA) is 0 Å². The average Bonchev–Trinajstić information content (AvgIpc) is 2.16. The van der Waals surface area contributed by atoms with Crippen LogP contribution in [0.25, 0.3) is 0 Å². The molecule has 0 amide bonds. The Hall–Kier alpha value is -0.0400. The molecular formula is C6F11I. The smallest absolute Gasteiger partial charge is 0.197 e. The highest BCUT2D eigenvalue weighted by atomic mass is 127.